The van der Waals surface area contributed by atoms with E-state index >= 15 is 0 Å². The normalized spacial score (nSPS) is 12.1. The number of hydrogen-bond acceptors (Lipinski definition) is 2. The second kappa shape index (κ2) is 22.3. The van der Waals surface area contributed by atoms with Crippen molar-refractivity contribution in [3.05, 3.63) is 358 Å². The van der Waals surface area contributed by atoms with Crippen LogP contribution in [0.1, 0.15) is 0 Å². The number of benzene rings is 16. The van der Waals surface area contributed by atoms with Gasteiger partial charge in [-0.1, -0.05) is 206 Å². The highest BCUT2D eigenvalue weighted by Gasteiger charge is 2.24. The van der Waals surface area contributed by atoms with E-state index in [1.165, 1.54) is 87.3 Å². The van der Waals surface area contributed by atoms with E-state index in [0.29, 0.717) is 5.95 Å². The molecule has 22 aromatic rings. The van der Waals surface area contributed by atoms with Crippen LogP contribution in [0.5, 0.6) is 0 Å². The largest absolute Gasteiger partial charge is 0.309 e. The molecule has 0 fully saturated rings. The summed E-state index contributed by atoms with van der Waals surface area (Å²) in [6, 6.07) is 131. The summed E-state index contributed by atoms with van der Waals surface area (Å²) in [5.41, 5.74) is 25.6. The molecule has 6 aromatic heterocycles. The van der Waals surface area contributed by atoms with E-state index in [-0.39, 0.29) is 0 Å². The standard InChI is InChI=1S/C96H59N7/c1-4-21-68(22-5-1)99-84-32-16-12-28-73(84)78-54-62(39-48-88(78)99)63-42-51-91-81(55-63)76-31-15-19-35-87(76)102(91)71-45-36-61(37-46-71)94-77-47-38-60-20-10-11-27-72(60)95(77)98-96(97-94)103-92-52-43-66(64-40-49-89-79(56-64)74-29-13-17-33-85(74)100(89)69-23-6-2-7-24-69)58-82(92)83-59-67(44-53-93(83)103)65-41-50-90-80(57-65)75-30-14-18-34-86(75)101(90)70-25-8-3-9-26-70/h1-59H. The van der Waals surface area contributed by atoms with Crippen LogP contribution in [0.4, 0.5) is 0 Å². The molecule has 0 radical (unpaired) electrons. The first-order valence-electron chi connectivity index (χ1n) is 35.3. The molecule has 0 atom stereocenters. The maximum Gasteiger partial charge on any atom is 0.235 e. The summed E-state index contributed by atoms with van der Waals surface area (Å²) >= 11 is 0. The van der Waals surface area contributed by atoms with Crippen LogP contribution in [-0.2, 0) is 0 Å². The molecule has 0 aliphatic rings. The van der Waals surface area contributed by atoms with Crippen LogP contribution in [0.2, 0.25) is 0 Å². The van der Waals surface area contributed by atoms with Gasteiger partial charge in [0.1, 0.15) is 0 Å². The first kappa shape index (κ1) is 57.1. The highest BCUT2D eigenvalue weighted by atomic mass is 15.2. The van der Waals surface area contributed by atoms with E-state index in [0.717, 1.165) is 111 Å². The smallest absolute Gasteiger partial charge is 0.235 e. The molecule has 0 amide bonds. The average Bonchev–Trinajstić information content (AvgIpc) is 1.53. The van der Waals surface area contributed by atoms with Crippen LogP contribution in [0, 0.1) is 0 Å². The van der Waals surface area contributed by atoms with E-state index in [1.54, 1.807) is 0 Å². The second-order valence-electron chi connectivity index (χ2n) is 27.2. The number of para-hydroxylation sites is 7. The lowest BCUT2D eigenvalue weighted by atomic mass is 9.98. The molecule has 22 rings (SSSR count). The lowest BCUT2D eigenvalue weighted by Gasteiger charge is -2.14. The Kier molecular flexibility index (Phi) is 12.4. The van der Waals surface area contributed by atoms with Crippen LogP contribution < -0.4 is 0 Å². The Bertz CT molecular complexity index is 7060. The third-order valence-corrected chi connectivity index (χ3v) is 21.7. The van der Waals surface area contributed by atoms with Crippen molar-refractivity contribution in [2.24, 2.45) is 0 Å². The average molecular weight is 1310 g/mol. The van der Waals surface area contributed by atoms with Gasteiger partial charge in [0.15, 0.2) is 0 Å². The predicted octanol–water partition coefficient (Wildman–Crippen LogP) is 24.9. The predicted molar refractivity (Wildman–Crippen MR) is 430 cm³/mol. The van der Waals surface area contributed by atoms with Gasteiger partial charge < -0.3 is 18.3 Å². The number of fused-ring (bicyclic) bond motifs is 18. The fourth-order valence-corrected chi connectivity index (χ4v) is 17.0. The Morgan fingerprint density at radius 2 is 0.437 bits per heavy atom. The summed E-state index contributed by atoms with van der Waals surface area (Å²) in [4.78, 5) is 11.5. The molecule has 0 spiro atoms. The molecule has 0 N–H and O–H groups in total. The van der Waals surface area contributed by atoms with Crippen molar-refractivity contribution in [2.75, 3.05) is 0 Å². The number of aromatic nitrogens is 7. The topological polar surface area (TPSA) is 50.4 Å². The Morgan fingerprint density at radius 3 is 0.796 bits per heavy atom. The van der Waals surface area contributed by atoms with Crippen LogP contribution in [-0.4, -0.2) is 32.8 Å². The zero-order valence-electron chi connectivity index (χ0n) is 55.7. The fourth-order valence-electron chi connectivity index (χ4n) is 17.0. The SMILES string of the molecule is c1ccc(-n2c3ccccc3c3cc(-c4ccc5c(c4)c4ccccc4n5-c4ccc(-c5nc(-n6c7ccc(-c8ccc9c(c8)c8ccccc8n9-c8ccccc8)cc7c7cc(-c8ccc9c(c8)c8ccccc8n9-c8ccccc8)ccc76)nc6c5ccc5ccccc56)cc4)ccc32)cc1. The van der Waals surface area contributed by atoms with E-state index in [9.17, 15) is 0 Å². The number of hydrogen-bond donors (Lipinski definition) is 0. The zero-order valence-corrected chi connectivity index (χ0v) is 55.7. The van der Waals surface area contributed by atoms with Gasteiger partial charge in [-0.25, -0.2) is 9.97 Å². The molecule has 16 aromatic carbocycles. The highest BCUT2D eigenvalue weighted by molar-refractivity contribution is 6.17. The van der Waals surface area contributed by atoms with Crippen molar-refractivity contribution < 1.29 is 0 Å². The molecule has 7 heteroatoms. The number of rotatable bonds is 9. The van der Waals surface area contributed by atoms with Gasteiger partial charge in [-0.15, -0.1) is 0 Å². The molecule has 0 bridgehead atoms. The minimum absolute atomic E-state index is 0.605. The van der Waals surface area contributed by atoms with Gasteiger partial charge in [0.25, 0.3) is 0 Å². The van der Waals surface area contributed by atoms with Crippen molar-refractivity contribution >= 4 is 131 Å². The minimum atomic E-state index is 0.605. The van der Waals surface area contributed by atoms with Gasteiger partial charge in [-0.05, 0) is 190 Å². The first-order chi connectivity index (χ1) is 51.1. The van der Waals surface area contributed by atoms with Gasteiger partial charge in [0.05, 0.1) is 66.4 Å². The molecule has 7 nitrogen and oxygen atoms in total. The lowest BCUT2D eigenvalue weighted by molar-refractivity contribution is 1.02. The monoisotopic (exact) mass is 1310 g/mol. The van der Waals surface area contributed by atoms with Crippen molar-refractivity contribution in [3.63, 3.8) is 0 Å². The Hall–Kier alpha value is -13.9. The zero-order chi connectivity index (χ0) is 67.4. The molecule has 103 heavy (non-hydrogen) atoms. The van der Waals surface area contributed by atoms with Gasteiger partial charge >= 0.3 is 0 Å². The third kappa shape index (κ3) is 8.70. The van der Waals surface area contributed by atoms with E-state index in [2.05, 4.69) is 381 Å². The van der Waals surface area contributed by atoms with Gasteiger partial charge in [-0.3, -0.25) is 4.57 Å². The molecular weight excluding hydrogens is 1250 g/mol. The highest BCUT2D eigenvalue weighted by Crippen LogP contribution is 2.45. The van der Waals surface area contributed by atoms with Gasteiger partial charge in [-0.2, -0.15) is 0 Å². The number of nitrogens with zero attached hydrogens (tertiary/aromatic N) is 7. The van der Waals surface area contributed by atoms with Gasteiger partial charge in [0.2, 0.25) is 5.95 Å². The van der Waals surface area contributed by atoms with Crippen molar-refractivity contribution in [1.82, 2.24) is 32.8 Å². The summed E-state index contributed by atoms with van der Waals surface area (Å²) in [7, 11) is 0. The summed E-state index contributed by atoms with van der Waals surface area (Å²) in [5.74, 6) is 0.605. The molecule has 0 saturated carbocycles. The first-order valence-corrected chi connectivity index (χ1v) is 35.3. The van der Waals surface area contributed by atoms with E-state index in [1.807, 2.05) is 0 Å². The van der Waals surface area contributed by atoms with Gasteiger partial charge in [0, 0.05) is 92.9 Å². The Labute approximate surface area is 591 Å². The molecular formula is C96H59N7. The minimum Gasteiger partial charge on any atom is -0.309 e. The van der Waals surface area contributed by atoms with Crippen molar-refractivity contribution in [1.29, 1.82) is 0 Å². The van der Waals surface area contributed by atoms with Crippen LogP contribution >= 0.6 is 0 Å². The summed E-state index contributed by atoms with van der Waals surface area (Å²) in [5, 5.41) is 15.1. The van der Waals surface area contributed by atoms with Crippen molar-refractivity contribution in [3.8, 4) is 73.3 Å². The second-order valence-corrected chi connectivity index (χ2v) is 27.2. The maximum atomic E-state index is 5.78. The molecule has 0 aliphatic heterocycles. The van der Waals surface area contributed by atoms with Crippen LogP contribution in [0.25, 0.3) is 204 Å². The molecule has 0 unspecified atom stereocenters. The van der Waals surface area contributed by atoms with Crippen LogP contribution in [0.15, 0.2) is 358 Å². The summed E-state index contributed by atoms with van der Waals surface area (Å²) < 4.78 is 11.9. The summed E-state index contributed by atoms with van der Waals surface area (Å²) in [6.07, 6.45) is 0. The Balaban J connectivity index is 0.704. The molecule has 6 heterocycles. The quantitative estimate of drug-likeness (QED) is 0.135. The fraction of sp³-hybridized carbons (Fsp3) is 0. The maximum absolute atomic E-state index is 5.78. The van der Waals surface area contributed by atoms with E-state index in [4.69, 9.17) is 9.97 Å². The van der Waals surface area contributed by atoms with E-state index < -0.39 is 0 Å². The molecule has 0 saturated heterocycles. The Morgan fingerprint density at radius 1 is 0.165 bits per heavy atom. The molecule has 0 aliphatic carbocycles. The molecule has 478 valence electrons. The summed E-state index contributed by atoms with van der Waals surface area (Å²) in [6.45, 7) is 0. The third-order valence-electron chi connectivity index (χ3n) is 21.7. The lowest BCUT2D eigenvalue weighted by Crippen LogP contribution is -2.04. The van der Waals surface area contributed by atoms with Crippen molar-refractivity contribution in [2.45, 2.75) is 0 Å². The van der Waals surface area contributed by atoms with Crippen LogP contribution in [0.3, 0.4) is 0 Å².